The molecule has 1 unspecified atom stereocenters. The van der Waals surface area contributed by atoms with E-state index in [2.05, 4.69) is 33.0 Å². The summed E-state index contributed by atoms with van der Waals surface area (Å²) in [5.41, 5.74) is 8.57. The number of likely N-dealkylation sites (tertiary alicyclic amines) is 1. The number of guanidine groups is 1. The first-order chi connectivity index (χ1) is 10.6. The topological polar surface area (TPSA) is 65.1 Å². The molecule has 1 aliphatic heterocycles. The molecule has 3 rings (SSSR count). The van der Waals surface area contributed by atoms with E-state index in [1.807, 2.05) is 13.1 Å². The summed E-state index contributed by atoms with van der Waals surface area (Å²) in [7, 11) is 2.02. The van der Waals surface area contributed by atoms with Gasteiger partial charge in [-0.1, -0.05) is 24.3 Å². The highest BCUT2D eigenvalue weighted by molar-refractivity contribution is 5.78. The van der Waals surface area contributed by atoms with Gasteiger partial charge in [0, 0.05) is 32.7 Å². The lowest BCUT2D eigenvalue weighted by Crippen LogP contribution is -2.35. The van der Waals surface area contributed by atoms with Gasteiger partial charge < -0.3 is 15.7 Å². The average Bonchev–Trinajstić information content (AvgIpc) is 3.29. The standard InChI is InChI=1S/C17H26N4O/c1-20(15-6-7-15)17(18)19-10-13-4-2-3-5-14(13)11-21-9-8-16(22)12-21/h2-5,15-16,22H,6-12H2,1H3,(H2,18,19). The van der Waals surface area contributed by atoms with Crippen LogP contribution in [0.5, 0.6) is 0 Å². The molecule has 0 aromatic heterocycles. The maximum atomic E-state index is 9.66. The fourth-order valence-electron chi connectivity index (χ4n) is 2.99. The Kier molecular flexibility index (Phi) is 4.64. The van der Waals surface area contributed by atoms with Gasteiger partial charge >= 0.3 is 0 Å². The van der Waals surface area contributed by atoms with Crippen LogP contribution in [-0.4, -0.2) is 53.1 Å². The van der Waals surface area contributed by atoms with Gasteiger partial charge in [-0.3, -0.25) is 4.90 Å². The van der Waals surface area contributed by atoms with Crippen LogP contribution in [0.2, 0.25) is 0 Å². The van der Waals surface area contributed by atoms with Crippen LogP contribution in [0.15, 0.2) is 29.3 Å². The molecule has 1 atom stereocenters. The van der Waals surface area contributed by atoms with Crippen LogP contribution < -0.4 is 5.73 Å². The van der Waals surface area contributed by atoms with Crippen LogP contribution in [0.4, 0.5) is 0 Å². The Morgan fingerprint density at radius 2 is 2.05 bits per heavy atom. The molecule has 1 heterocycles. The SMILES string of the molecule is CN(C(N)=NCc1ccccc1CN1CCC(O)C1)C1CC1. The predicted octanol–water partition coefficient (Wildman–Crippen LogP) is 1.16. The normalized spacial score (nSPS) is 23.0. The quantitative estimate of drug-likeness (QED) is 0.633. The number of aliphatic hydroxyl groups is 1. The summed E-state index contributed by atoms with van der Waals surface area (Å²) in [4.78, 5) is 8.94. The molecule has 0 radical (unpaired) electrons. The fraction of sp³-hybridized carbons (Fsp3) is 0.588. The highest BCUT2D eigenvalue weighted by Gasteiger charge is 2.27. The average molecular weight is 302 g/mol. The molecule has 1 aromatic rings. The lowest BCUT2D eigenvalue weighted by atomic mass is 10.1. The number of aliphatic hydroxyl groups excluding tert-OH is 1. The zero-order chi connectivity index (χ0) is 15.5. The van der Waals surface area contributed by atoms with Crippen LogP contribution in [0, 0.1) is 0 Å². The summed E-state index contributed by atoms with van der Waals surface area (Å²) in [5, 5.41) is 9.66. The molecular formula is C17H26N4O. The number of benzene rings is 1. The number of β-amino-alcohol motifs (C(OH)–C–C–N with tert-alkyl or cyclic N) is 1. The van der Waals surface area contributed by atoms with Crippen molar-refractivity contribution in [3.05, 3.63) is 35.4 Å². The van der Waals surface area contributed by atoms with Crippen molar-refractivity contribution >= 4 is 5.96 Å². The molecule has 3 N–H and O–H groups in total. The minimum atomic E-state index is -0.173. The lowest BCUT2D eigenvalue weighted by molar-refractivity contribution is 0.174. The third kappa shape index (κ3) is 3.78. The number of aliphatic imine (C=N–C) groups is 1. The van der Waals surface area contributed by atoms with Crippen LogP contribution in [-0.2, 0) is 13.1 Å². The highest BCUT2D eigenvalue weighted by atomic mass is 16.3. The zero-order valence-electron chi connectivity index (χ0n) is 13.3. The third-order valence-corrected chi connectivity index (χ3v) is 4.63. The van der Waals surface area contributed by atoms with Crippen molar-refractivity contribution in [1.29, 1.82) is 0 Å². The van der Waals surface area contributed by atoms with Crippen LogP contribution in [0.25, 0.3) is 0 Å². The first kappa shape index (κ1) is 15.3. The van der Waals surface area contributed by atoms with Crippen LogP contribution in [0.3, 0.4) is 0 Å². The van der Waals surface area contributed by atoms with E-state index in [1.54, 1.807) is 0 Å². The third-order valence-electron chi connectivity index (χ3n) is 4.63. The first-order valence-corrected chi connectivity index (χ1v) is 8.13. The number of rotatable bonds is 5. The Bertz CT molecular complexity index is 541. The highest BCUT2D eigenvalue weighted by Crippen LogP contribution is 2.25. The van der Waals surface area contributed by atoms with Gasteiger partial charge in [0.05, 0.1) is 12.6 Å². The smallest absolute Gasteiger partial charge is 0.191 e. The van der Waals surface area contributed by atoms with E-state index in [-0.39, 0.29) is 6.10 Å². The fourth-order valence-corrected chi connectivity index (χ4v) is 2.99. The van der Waals surface area contributed by atoms with Gasteiger partial charge in [0.2, 0.25) is 0 Å². The van der Waals surface area contributed by atoms with Crippen molar-refractivity contribution in [2.24, 2.45) is 10.7 Å². The minimum absolute atomic E-state index is 0.173. The molecule has 22 heavy (non-hydrogen) atoms. The van der Waals surface area contributed by atoms with E-state index in [9.17, 15) is 5.11 Å². The molecule has 1 aliphatic carbocycles. The zero-order valence-corrected chi connectivity index (χ0v) is 13.3. The molecule has 0 bridgehead atoms. The van der Waals surface area contributed by atoms with Crippen molar-refractivity contribution in [1.82, 2.24) is 9.80 Å². The van der Waals surface area contributed by atoms with Gasteiger partial charge in [-0.15, -0.1) is 0 Å². The van der Waals surface area contributed by atoms with E-state index in [0.717, 1.165) is 26.1 Å². The second kappa shape index (κ2) is 6.67. The largest absolute Gasteiger partial charge is 0.392 e. The maximum absolute atomic E-state index is 9.66. The second-order valence-corrected chi connectivity index (χ2v) is 6.46. The van der Waals surface area contributed by atoms with Crippen molar-refractivity contribution in [3.63, 3.8) is 0 Å². The molecule has 2 aliphatic rings. The molecule has 1 saturated carbocycles. The Hall–Kier alpha value is -1.59. The van der Waals surface area contributed by atoms with E-state index in [1.165, 1.54) is 24.0 Å². The summed E-state index contributed by atoms with van der Waals surface area (Å²) in [5.74, 6) is 0.633. The first-order valence-electron chi connectivity index (χ1n) is 8.13. The molecule has 5 heteroatoms. The van der Waals surface area contributed by atoms with Gasteiger partial charge in [-0.05, 0) is 30.4 Å². The van der Waals surface area contributed by atoms with Gasteiger partial charge in [0.15, 0.2) is 5.96 Å². The number of hydrogen-bond donors (Lipinski definition) is 2. The van der Waals surface area contributed by atoms with Crippen molar-refractivity contribution in [2.75, 3.05) is 20.1 Å². The van der Waals surface area contributed by atoms with Crippen molar-refractivity contribution in [2.45, 2.75) is 44.5 Å². The monoisotopic (exact) mass is 302 g/mol. The summed E-state index contributed by atoms with van der Waals surface area (Å²) >= 11 is 0. The van der Waals surface area contributed by atoms with E-state index in [4.69, 9.17) is 5.73 Å². The van der Waals surface area contributed by atoms with Crippen molar-refractivity contribution in [3.8, 4) is 0 Å². The van der Waals surface area contributed by atoms with E-state index < -0.39 is 0 Å². The van der Waals surface area contributed by atoms with E-state index >= 15 is 0 Å². The van der Waals surface area contributed by atoms with Gasteiger partial charge in [-0.2, -0.15) is 0 Å². The number of nitrogens with zero attached hydrogens (tertiary/aromatic N) is 3. The molecule has 120 valence electrons. The molecule has 0 amide bonds. The Morgan fingerprint density at radius 3 is 2.68 bits per heavy atom. The van der Waals surface area contributed by atoms with Gasteiger partial charge in [0.25, 0.3) is 0 Å². The minimum Gasteiger partial charge on any atom is -0.392 e. The Morgan fingerprint density at radius 1 is 1.32 bits per heavy atom. The maximum Gasteiger partial charge on any atom is 0.191 e. The number of hydrogen-bond acceptors (Lipinski definition) is 3. The van der Waals surface area contributed by atoms with Crippen LogP contribution in [0.1, 0.15) is 30.4 Å². The van der Waals surface area contributed by atoms with Gasteiger partial charge in [-0.25, -0.2) is 4.99 Å². The summed E-state index contributed by atoms with van der Waals surface area (Å²) in [6.45, 7) is 3.23. The molecule has 5 nitrogen and oxygen atoms in total. The van der Waals surface area contributed by atoms with Gasteiger partial charge in [0.1, 0.15) is 0 Å². The summed E-state index contributed by atoms with van der Waals surface area (Å²) in [6, 6.07) is 8.97. The predicted molar refractivity (Wildman–Crippen MR) is 88.5 cm³/mol. The second-order valence-electron chi connectivity index (χ2n) is 6.46. The molecule has 2 fully saturated rings. The number of nitrogens with two attached hydrogens (primary N) is 1. The summed E-state index contributed by atoms with van der Waals surface area (Å²) in [6.07, 6.45) is 3.15. The lowest BCUT2D eigenvalue weighted by Gasteiger charge is -2.19. The Labute approximate surface area is 132 Å². The van der Waals surface area contributed by atoms with Crippen molar-refractivity contribution < 1.29 is 5.11 Å². The van der Waals surface area contributed by atoms with Crippen LogP contribution >= 0.6 is 0 Å². The van der Waals surface area contributed by atoms with E-state index in [0.29, 0.717) is 18.5 Å². The molecule has 1 saturated heterocycles. The summed E-state index contributed by atoms with van der Waals surface area (Å²) < 4.78 is 0. The molecule has 1 aromatic carbocycles. The molecule has 0 spiro atoms. The Balaban J connectivity index is 1.64. The molecular weight excluding hydrogens is 276 g/mol.